The standard InChI is InChI=1S/C40H47NO5Si/c1-4-28-43-31-40(2,3)46-47(32-19-9-7-10-20-32,33-21-11-8-12-22-33)45-29-18-6-5-17-27-41-39(42)44-30-38-36-25-15-13-23-34(36)35-24-14-16-26-37(35)38/h4,7-16,19-26,38H,1,5-6,17-18,27-31H2,2-3H3,(H,41,42). The van der Waals surface area contributed by atoms with Crippen molar-refractivity contribution in [2.45, 2.75) is 51.0 Å². The van der Waals surface area contributed by atoms with Crippen molar-refractivity contribution in [3.05, 3.63) is 133 Å². The van der Waals surface area contributed by atoms with Crippen molar-refractivity contribution in [3.8, 4) is 11.1 Å². The van der Waals surface area contributed by atoms with Crippen molar-refractivity contribution >= 4 is 25.0 Å². The molecule has 47 heavy (non-hydrogen) atoms. The number of ether oxygens (including phenoxy) is 2. The van der Waals surface area contributed by atoms with Gasteiger partial charge in [-0.05, 0) is 59.3 Å². The molecule has 0 bridgehead atoms. The molecule has 0 fully saturated rings. The van der Waals surface area contributed by atoms with E-state index in [9.17, 15) is 4.79 Å². The molecular weight excluding hydrogens is 603 g/mol. The second-order valence-corrected chi connectivity index (χ2v) is 15.4. The van der Waals surface area contributed by atoms with Gasteiger partial charge in [0.05, 0.1) is 18.8 Å². The highest BCUT2D eigenvalue weighted by atomic mass is 28.4. The van der Waals surface area contributed by atoms with Crippen molar-refractivity contribution in [2.75, 3.05) is 33.0 Å². The van der Waals surface area contributed by atoms with Crippen molar-refractivity contribution in [3.63, 3.8) is 0 Å². The van der Waals surface area contributed by atoms with Crippen LogP contribution in [-0.4, -0.2) is 53.2 Å². The summed E-state index contributed by atoms with van der Waals surface area (Å²) in [5, 5.41) is 5.07. The molecule has 1 aliphatic rings. The molecule has 0 radical (unpaired) electrons. The van der Waals surface area contributed by atoms with E-state index < -0.39 is 14.2 Å². The van der Waals surface area contributed by atoms with Crippen LogP contribution in [0.3, 0.4) is 0 Å². The van der Waals surface area contributed by atoms with E-state index in [-0.39, 0.29) is 12.0 Å². The number of hydrogen-bond donors (Lipinski definition) is 1. The molecule has 246 valence electrons. The summed E-state index contributed by atoms with van der Waals surface area (Å²) >= 11 is 0. The second-order valence-electron chi connectivity index (χ2n) is 12.5. The third-order valence-electron chi connectivity index (χ3n) is 8.40. The van der Waals surface area contributed by atoms with Gasteiger partial charge in [0.1, 0.15) is 6.61 Å². The molecule has 0 atom stereocenters. The van der Waals surface area contributed by atoms with E-state index in [1.807, 2.05) is 48.5 Å². The van der Waals surface area contributed by atoms with Gasteiger partial charge < -0.3 is 23.6 Å². The zero-order valence-corrected chi connectivity index (χ0v) is 28.7. The average molecular weight is 650 g/mol. The molecule has 7 heteroatoms. The fourth-order valence-corrected chi connectivity index (χ4v) is 9.73. The van der Waals surface area contributed by atoms with Crippen LogP contribution >= 0.6 is 0 Å². The fourth-order valence-electron chi connectivity index (χ4n) is 6.24. The van der Waals surface area contributed by atoms with Crippen LogP contribution in [-0.2, 0) is 18.3 Å². The summed E-state index contributed by atoms with van der Waals surface area (Å²) in [5.74, 6) is 0.0600. The lowest BCUT2D eigenvalue weighted by molar-refractivity contribution is -0.0148. The molecule has 0 spiro atoms. The molecule has 1 amide bonds. The van der Waals surface area contributed by atoms with Gasteiger partial charge in [-0.2, -0.15) is 0 Å². The molecule has 4 aromatic rings. The lowest BCUT2D eigenvalue weighted by atomic mass is 9.98. The molecule has 0 aliphatic heterocycles. The Morgan fingerprint density at radius 3 is 1.94 bits per heavy atom. The number of hydrogen-bond acceptors (Lipinski definition) is 5. The molecule has 1 N–H and O–H groups in total. The first-order valence-corrected chi connectivity index (χ1v) is 18.5. The molecule has 0 unspecified atom stereocenters. The van der Waals surface area contributed by atoms with Gasteiger partial charge in [-0.15, -0.1) is 6.58 Å². The van der Waals surface area contributed by atoms with Crippen molar-refractivity contribution in [2.24, 2.45) is 0 Å². The highest BCUT2D eigenvalue weighted by Gasteiger charge is 2.47. The van der Waals surface area contributed by atoms with E-state index in [4.69, 9.17) is 18.3 Å². The van der Waals surface area contributed by atoms with Gasteiger partial charge in [-0.25, -0.2) is 4.79 Å². The molecule has 5 rings (SSSR count). The Kier molecular flexibility index (Phi) is 12.2. The smallest absolute Gasteiger partial charge is 0.407 e. The Bertz CT molecular complexity index is 1490. The summed E-state index contributed by atoms with van der Waals surface area (Å²) in [7, 11) is -3.08. The third-order valence-corrected chi connectivity index (χ3v) is 12.0. The van der Waals surface area contributed by atoms with Gasteiger partial charge in [0, 0.05) is 19.1 Å². The van der Waals surface area contributed by atoms with Crippen LogP contribution in [0.25, 0.3) is 11.1 Å². The van der Waals surface area contributed by atoms with Crippen LogP contribution in [0.5, 0.6) is 0 Å². The average Bonchev–Trinajstić information content (AvgIpc) is 3.42. The Morgan fingerprint density at radius 2 is 1.34 bits per heavy atom. The topological polar surface area (TPSA) is 66.0 Å². The number of unbranched alkanes of at least 4 members (excludes halogenated alkanes) is 3. The first-order valence-electron chi connectivity index (χ1n) is 16.7. The predicted octanol–water partition coefficient (Wildman–Crippen LogP) is 7.36. The first kappa shape index (κ1) is 34.3. The minimum Gasteiger partial charge on any atom is -0.449 e. The van der Waals surface area contributed by atoms with E-state index in [0.717, 1.165) is 36.1 Å². The predicted molar refractivity (Wildman–Crippen MR) is 192 cm³/mol. The first-order chi connectivity index (χ1) is 22.9. The quantitative estimate of drug-likeness (QED) is 0.0694. The number of nitrogens with one attached hydrogen (secondary N) is 1. The van der Waals surface area contributed by atoms with Crippen LogP contribution in [0, 0.1) is 0 Å². The molecule has 6 nitrogen and oxygen atoms in total. The Balaban J connectivity index is 1.10. The van der Waals surface area contributed by atoms with Crippen molar-refractivity contribution in [1.82, 2.24) is 5.32 Å². The normalized spacial score (nSPS) is 12.7. The highest BCUT2D eigenvalue weighted by molar-refractivity contribution is 6.92. The number of fused-ring (bicyclic) bond motifs is 3. The number of carbonyl (C=O) groups excluding carboxylic acids is 1. The lowest BCUT2D eigenvalue weighted by Crippen LogP contribution is -2.66. The minimum absolute atomic E-state index is 0.0600. The van der Waals surface area contributed by atoms with E-state index in [1.165, 1.54) is 22.3 Å². The Labute approximate surface area is 281 Å². The maximum atomic E-state index is 12.6. The van der Waals surface area contributed by atoms with Gasteiger partial charge >= 0.3 is 14.7 Å². The van der Waals surface area contributed by atoms with E-state index >= 15 is 0 Å². The zero-order valence-electron chi connectivity index (χ0n) is 27.7. The van der Waals surface area contributed by atoms with Crippen LogP contribution in [0.15, 0.2) is 122 Å². The Hall–Kier alpha value is -4.01. The second kappa shape index (κ2) is 16.7. The lowest BCUT2D eigenvalue weighted by Gasteiger charge is -2.39. The van der Waals surface area contributed by atoms with Gasteiger partial charge in [-0.3, -0.25) is 0 Å². The van der Waals surface area contributed by atoms with Crippen LogP contribution in [0.2, 0.25) is 0 Å². The van der Waals surface area contributed by atoms with E-state index in [0.29, 0.717) is 33.0 Å². The number of benzene rings is 4. The third kappa shape index (κ3) is 8.87. The minimum atomic E-state index is -3.08. The summed E-state index contributed by atoms with van der Waals surface area (Å²) in [6, 6.07) is 37.3. The van der Waals surface area contributed by atoms with Gasteiger partial charge in [0.2, 0.25) is 0 Å². The molecule has 4 aromatic carbocycles. The summed E-state index contributed by atoms with van der Waals surface area (Å²) in [4.78, 5) is 12.6. The summed E-state index contributed by atoms with van der Waals surface area (Å²) in [5.41, 5.74) is 4.30. The number of rotatable bonds is 18. The van der Waals surface area contributed by atoms with Crippen molar-refractivity contribution < 1.29 is 23.1 Å². The molecule has 0 saturated carbocycles. The number of carbonyl (C=O) groups is 1. The summed E-state index contributed by atoms with van der Waals surface area (Å²) < 4.78 is 25.4. The van der Waals surface area contributed by atoms with Crippen LogP contribution in [0.1, 0.15) is 56.6 Å². The van der Waals surface area contributed by atoms with Crippen molar-refractivity contribution in [1.29, 1.82) is 0 Å². The highest BCUT2D eigenvalue weighted by Crippen LogP contribution is 2.44. The molecule has 0 heterocycles. The fraction of sp³-hybridized carbons (Fsp3) is 0.325. The Morgan fingerprint density at radius 1 is 0.787 bits per heavy atom. The monoisotopic (exact) mass is 649 g/mol. The van der Waals surface area contributed by atoms with Crippen LogP contribution in [0.4, 0.5) is 4.79 Å². The summed E-state index contributed by atoms with van der Waals surface area (Å²) in [6.07, 6.45) is 5.09. The van der Waals surface area contributed by atoms with Gasteiger partial charge in [0.15, 0.2) is 0 Å². The molecule has 0 aromatic heterocycles. The maximum absolute atomic E-state index is 12.6. The molecule has 0 saturated heterocycles. The summed E-state index contributed by atoms with van der Waals surface area (Å²) in [6.45, 7) is 10.2. The zero-order chi connectivity index (χ0) is 33.0. The maximum Gasteiger partial charge on any atom is 0.407 e. The van der Waals surface area contributed by atoms with Gasteiger partial charge in [0.25, 0.3) is 0 Å². The van der Waals surface area contributed by atoms with Crippen LogP contribution < -0.4 is 15.7 Å². The molecule has 1 aliphatic carbocycles. The molecular formula is C40H47NO5Si. The van der Waals surface area contributed by atoms with Gasteiger partial charge in [-0.1, -0.05) is 128 Å². The van der Waals surface area contributed by atoms with E-state index in [2.05, 4.69) is 86.4 Å². The number of alkyl carbamates (subject to hydrolysis) is 1. The van der Waals surface area contributed by atoms with E-state index in [1.54, 1.807) is 6.08 Å². The largest absolute Gasteiger partial charge is 0.449 e. The SMILES string of the molecule is C=CCOCC(C)(C)O[Si](OCCCCCCNC(=O)OCC1c2ccccc2-c2ccccc21)(c1ccccc1)c1ccccc1. The number of amides is 1.